The van der Waals surface area contributed by atoms with Gasteiger partial charge in [0.25, 0.3) is 0 Å². The average molecular weight is 170 g/mol. The van der Waals surface area contributed by atoms with Gasteiger partial charge in [0.2, 0.25) is 0 Å². The summed E-state index contributed by atoms with van der Waals surface area (Å²) in [5.41, 5.74) is 0. The fraction of sp³-hybridized carbons (Fsp3) is 0.625. The predicted octanol–water partition coefficient (Wildman–Crippen LogP) is 1.09. The van der Waals surface area contributed by atoms with Gasteiger partial charge in [-0.1, -0.05) is 19.1 Å². The van der Waals surface area contributed by atoms with E-state index in [9.17, 15) is 10.0 Å². The van der Waals surface area contributed by atoms with Crippen molar-refractivity contribution in [3.05, 3.63) is 17.4 Å². The second-order valence-electron chi connectivity index (χ2n) is 2.92. The molecular formula is C8H12NO3-. The van der Waals surface area contributed by atoms with E-state index in [1.54, 1.807) is 0 Å². The molecule has 0 aromatic heterocycles. The predicted molar refractivity (Wildman–Crippen MR) is 43.6 cm³/mol. The lowest BCUT2D eigenvalue weighted by molar-refractivity contribution is -0.162. The van der Waals surface area contributed by atoms with Gasteiger partial charge in [0, 0.05) is 6.54 Å². The second-order valence-corrected chi connectivity index (χ2v) is 2.92. The molecule has 4 heteroatoms. The normalized spacial score (nSPS) is 27.9. The van der Waals surface area contributed by atoms with Gasteiger partial charge in [-0.2, -0.15) is 0 Å². The molecule has 1 saturated heterocycles. The molecule has 0 aromatic rings. The summed E-state index contributed by atoms with van der Waals surface area (Å²) in [6.45, 7) is 3.92. The number of hydroxylamine groups is 2. The first-order valence-electron chi connectivity index (χ1n) is 3.94. The first-order chi connectivity index (χ1) is 5.65. The van der Waals surface area contributed by atoms with Crippen molar-refractivity contribution in [1.82, 2.24) is 5.23 Å². The van der Waals surface area contributed by atoms with Crippen LogP contribution in [0.25, 0.3) is 0 Å². The van der Waals surface area contributed by atoms with Crippen molar-refractivity contribution in [2.45, 2.75) is 13.8 Å². The van der Waals surface area contributed by atoms with Crippen molar-refractivity contribution < 1.29 is 9.63 Å². The molecule has 0 bridgehead atoms. The molecule has 0 spiro atoms. The van der Waals surface area contributed by atoms with E-state index in [4.69, 9.17) is 0 Å². The van der Waals surface area contributed by atoms with Crippen molar-refractivity contribution in [2.24, 2.45) is 11.8 Å². The summed E-state index contributed by atoms with van der Waals surface area (Å²) in [5.74, 6) is -0.657. The molecule has 2 unspecified atom stereocenters. The molecule has 0 N–H and O–H groups in total. The average Bonchev–Trinajstić information content (AvgIpc) is 2.30. The minimum absolute atomic E-state index is 0.0708. The van der Waals surface area contributed by atoms with Crippen LogP contribution in [0.15, 0.2) is 12.2 Å². The topological polar surface area (TPSA) is 52.6 Å². The summed E-state index contributed by atoms with van der Waals surface area (Å²) in [6.07, 6.45) is 3.76. The van der Waals surface area contributed by atoms with E-state index in [2.05, 4.69) is 4.84 Å². The summed E-state index contributed by atoms with van der Waals surface area (Å²) in [4.78, 5) is 15.3. The van der Waals surface area contributed by atoms with E-state index in [1.165, 1.54) is 0 Å². The van der Waals surface area contributed by atoms with Crippen molar-refractivity contribution in [2.75, 3.05) is 6.54 Å². The van der Waals surface area contributed by atoms with E-state index in [0.717, 1.165) is 0 Å². The van der Waals surface area contributed by atoms with Gasteiger partial charge in [-0.05, 0) is 12.8 Å². The Morgan fingerprint density at radius 2 is 2.50 bits per heavy atom. The molecule has 1 aliphatic rings. The van der Waals surface area contributed by atoms with Gasteiger partial charge >= 0.3 is 5.97 Å². The molecule has 4 nitrogen and oxygen atoms in total. The van der Waals surface area contributed by atoms with Gasteiger partial charge in [0.1, 0.15) is 0 Å². The van der Waals surface area contributed by atoms with Crippen LogP contribution in [-0.2, 0) is 9.63 Å². The van der Waals surface area contributed by atoms with Gasteiger partial charge in [-0.3, -0.25) is 4.79 Å². The highest BCUT2D eigenvalue weighted by atomic mass is 16.9. The molecule has 0 aromatic carbocycles. The third kappa shape index (κ3) is 1.84. The second kappa shape index (κ2) is 3.69. The van der Waals surface area contributed by atoms with Gasteiger partial charge in [0.05, 0.1) is 5.92 Å². The van der Waals surface area contributed by atoms with Crippen LogP contribution in [0.4, 0.5) is 0 Å². The summed E-state index contributed by atoms with van der Waals surface area (Å²) < 4.78 is 0. The SMILES string of the molecule is C/C=C/C(C)C1CN([O-])OC1=O. The summed E-state index contributed by atoms with van der Waals surface area (Å²) in [6, 6.07) is 0. The zero-order chi connectivity index (χ0) is 9.14. The highest BCUT2D eigenvalue weighted by Gasteiger charge is 2.31. The molecule has 68 valence electrons. The fourth-order valence-corrected chi connectivity index (χ4v) is 1.26. The molecule has 1 heterocycles. The molecule has 0 amide bonds. The number of hydrogen-bond donors (Lipinski definition) is 0. The van der Waals surface area contributed by atoms with Gasteiger partial charge in [-0.25, -0.2) is 5.23 Å². The Morgan fingerprint density at radius 1 is 1.83 bits per heavy atom. The molecule has 2 atom stereocenters. The molecule has 0 saturated carbocycles. The zero-order valence-corrected chi connectivity index (χ0v) is 7.19. The van der Waals surface area contributed by atoms with Crippen LogP contribution in [-0.4, -0.2) is 17.7 Å². The number of hydrogen-bond acceptors (Lipinski definition) is 4. The van der Waals surface area contributed by atoms with Crippen LogP contribution >= 0.6 is 0 Å². The lowest BCUT2D eigenvalue weighted by Crippen LogP contribution is -2.18. The molecule has 0 aliphatic carbocycles. The smallest absolute Gasteiger partial charge is 0.328 e. The lowest BCUT2D eigenvalue weighted by atomic mass is 9.94. The van der Waals surface area contributed by atoms with Crippen LogP contribution in [0.3, 0.4) is 0 Å². The van der Waals surface area contributed by atoms with Gasteiger partial charge in [-0.15, -0.1) is 0 Å². The number of nitrogens with zero attached hydrogens (tertiary/aromatic N) is 1. The Kier molecular flexibility index (Phi) is 2.83. The van der Waals surface area contributed by atoms with E-state index in [-0.39, 0.29) is 18.4 Å². The highest BCUT2D eigenvalue weighted by Crippen LogP contribution is 2.22. The van der Waals surface area contributed by atoms with Crippen molar-refractivity contribution in [3.8, 4) is 0 Å². The number of allylic oxidation sites excluding steroid dienone is 2. The maximum Gasteiger partial charge on any atom is 0.328 e. The van der Waals surface area contributed by atoms with E-state index < -0.39 is 5.97 Å². The van der Waals surface area contributed by atoms with E-state index in [1.807, 2.05) is 26.0 Å². The monoisotopic (exact) mass is 170 g/mol. The number of rotatable bonds is 2. The Bertz CT molecular complexity index is 202. The van der Waals surface area contributed by atoms with Crippen LogP contribution in [0.1, 0.15) is 13.8 Å². The maximum atomic E-state index is 11.0. The number of carbonyl (C=O) groups is 1. The van der Waals surface area contributed by atoms with Crippen LogP contribution in [0.5, 0.6) is 0 Å². The van der Waals surface area contributed by atoms with Crippen LogP contribution in [0.2, 0.25) is 0 Å². The molecule has 12 heavy (non-hydrogen) atoms. The standard InChI is InChI=1S/C8H12NO3/c1-3-4-6(2)7-5-9(11)12-8(7)10/h3-4,6-7H,5H2,1-2H3/q-1/b4-3+. The first kappa shape index (κ1) is 9.22. The Balaban J connectivity index is 2.57. The van der Waals surface area contributed by atoms with Crippen LogP contribution in [0, 0.1) is 17.0 Å². The fourth-order valence-electron chi connectivity index (χ4n) is 1.26. The summed E-state index contributed by atoms with van der Waals surface area (Å²) in [5, 5.41) is 11.0. The molecular weight excluding hydrogens is 158 g/mol. The van der Waals surface area contributed by atoms with Crippen molar-refractivity contribution in [3.63, 3.8) is 0 Å². The zero-order valence-electron chi connectivity index (χ0n) is 7.19. The van der Waals surface area contributed by atoms with E-state index >= 15 is 0 Å². The third-order valence-electron chi connectivity index (χ3n) is 1.97. The quantitative estimate of drug-likeness (QED) is 0.582. The molecule has 1 fully saturated rings. The highest BCUT2D eigenvalue weighted by molar-refractivity contribution is 5.74. The summed E-state index contributed by atoms with van der Waals surface area (Å²) in [7, 11) is 0. The Morgan fingerprint density at radius 3 is 2.92 bits per heavy atom. The minimum Gasteiger partial charge on any atom is -0.752 e. The lowest BCUT2D eigenvalue weighted by Gasteiger charge is -2.16. The third-order valence-corrected chi connectivity index (χ3v) is 1.97. The van der Waals surface area contributed by atoms with Crippen molar-refractivity contribution in [1.29, 1.82) is 0 Å². The Hall–Kier alpha value is -0.870. The Labute approximate surface area is 71.3 Å². The van der Waals surface area contributed by atoms with Gasteiger partial charge < -0.3 is 10.0 Å². The van der Waals surface area contributed by atoms with Gasteiger partial charge in [0.15, 0.2) is 0 Å². The molecule has 1 aliphatic heterocycles. The maximum absolute atomic E-state index is 11.0. The van der Waals surface area contributed by atoms with E-state index in [0.29, 0.717) is 5.23 Å². The van der Waals surface area contributed by atoms with Crippen LogP contribution < -0.4 is 0 Å². The van der Waals surface area contributed by atoms with Crippen molar-refractivity contribution >= 4 is 5.97 Å². The molecule has 0 radical (unpaired) electrons. The molecule has 1 rings (SSSR count). The summed E-state index contributed by atoms with van der Waals surface area (Å²) >= 11 is 0. The largest absolute Gasteiger partial charge is 0.752 e. The minimum atomic E-state index is -0.421. The number of carbonyl (C=O) groups excluding carboxylic acids is 1. The first-order valence-corrected chi connectivity index (χ1v) is 3.94.